The Morgan fingerprint density at radius 1 is 0.385 bits per heavy atom. The van der Waals surface area contributed by atoms with Crippen LogP contribution >= 0.6 is 0 Å². The molecule has 4 heteroatoms. The second kappa shape index (κ2) is 54.1. The topological polar surface area (TPSA) is 69.6 Å². The lowest BCUT2D eigenvalue weighted by molar-refractivity contribution is -0.123. The largest absolute Gasteiger partial charge is 0.394 e. The van der Waals surface area contributed by atoms with Gasteiger partial charge in [0.15, 0.2) is 0 Å². The van der Waals surface area contributed by atoms with Gasteiger partial charge in [0.05, 0.1) is 18.8 Å². The van der Waals surface area contributed by atoms with Gasteiger partial charge in [-0.1, -0.05) is 223 Å². The summed E-state index contributed by atoms with van der Waals surface area (Å²) in [5, 5.41) is 23.0. The highest BCUT2D eigenvalue weighted by molar-refractivity contribution is 5.76. The third kappa shape index (κ3) is 50.6. The smallest absolute Gasteiger partial charge is 0.220 e. The summed E-state index contributed by atoms with van der Waals surface area (Å²) in [7, 11) is 0. The Balaban J connectivity index is 3.78. The third-order valence-electron chi connectivity index (χ3n) is 10.4. The normalized spacial score (nSPS) is 14.3. The minimum Gasteiger partial charge on any atom is -0.394 e. The quantitative estimate of drug-likeness (QED) is 0.0422. The number of amides is 1. The molecule has 0 fully saturated rings. The van der Waals surface area contributed by atoms with E-state index in [0.717, 1.165) is 122 Å². The Morgan fingerprint density at radius 3 is 1.08 bits per heavy atom. The number of hydrogen-bond donors (Lipinski definition) is 3. The van der Waals surface area contributed by atoms with Crippen LogP contribution in [0.25, 0.3) is 0 Å². The van der Waals surface area contributed by atoms with Gasteiger partial charge in [-0.05, 0) is 128 Å². The maximum absolute atomic E-state index is 12.4. The molecule has 362 valence electrons. The molecule has 3 N–H and O–H groups in total. The Hall–Kier alpha value is -4.25. The van der Waals surface area contributed by atoms with Crippen LogP contribution in [-0.2, 0) is 4.79 Å². The van der Waals surface area contributed by atoms with Crippen LogP contribution in [0.2, 0.25) is 0 Å². The summed E-state index contributed by atoms with van der Waals surface area (Å²) in [5.74, 6) is -0.119. The van der Waals surface area contributed by atoms with Crippen molar-refractivity contribution in [3.8, 4) is 0 Å². The average Bonchev–Trinajstić information content (AvgIpc) is 3.31. The highest BCUT2D eigenvalue weighted by Gasteiger charge is 2.17. The zero-order valence-electron chi connectivity index (χ0n) is 41.4. The molecule has 0 aromatic rings. The molecule has 0 aliphatic carbocycles. The predicted octanol–water partition coefficient (Wildman–Crippen LogP) is 17.2. The van der Waals surface area contributed by atoms with Crippen LogP contribution in [0.5, 0.6) is 0 Å². The number of allylic oxidation sites excluding steroid dienone is 27. The maximum Gasteiger partial charge on any atom is 0.220 e. The van der Waals surface area contributed by atoms with Crippen LogP contribution in [0, 0.1) is 0 Å². The molecule has 0 rings (SSSR count). The first kappa shape index (κ1) is 60.8. The Kier molecular flexibility index (Phi) is 50.5. The molecule has 0 spiro atoms. The lowest BCUT2D eigenvalue weighted by atomic mass is 10.1. The Bertz CT molecular complexity index is 1470. The average molecular weight is 890 g/mol. The lowest BCUT2D eigenvalue weighted by Crippen LogP contribution is -2.45. The van der Waals surface area contributed by atoms with Gasteiger partial charge in [-0.15, -0.1) is 0 Å². The SMILES string of the molecule is CC/C=C\C/C=C\C/C=C\C/C=C\C/C=C\C/C=C\C/C=C\C/C=C\C/C=C\C/C=C\C/C=C\CCCCCC(=O)NC(CO)C(O)/C=C/CC/C=C/CC/C=C/CCCCCCCC. The second-order valence-corrected chi connectivity index (χ2v) is 16.5. The van der Waals surface area contributed by atoms with Gasteiger partial charge in [-0.3, -0.25) is 4.79 Å². The minimum atomic E-state index is -0.897. The summed E-state index contributed by atoms with van der Waals surface area (Å²) < 4.78 is 0. The fourth-order valence-corrected chi connectivity index (χ4v) is 6.51. The second-order valence-electron chi connectivity index (χ2n) is 16.5. The van der Waals surface area contributed by atoms with E-state index in [-0.39, 0.29) is 12.5 Å². The fraction of sp³-hybridized carbons (Fsp3) is 0.525. The van der Waals surface area contributed by atoms with E-state index in [1.54, 1.807) is 6.08 Å². The van der Waals surface area contributed by atoms with Crippen molar-refractivity contribution in [1.29, 1.82) is 0 Å². The highest BCUT2D eigenvalue weighted by atomic mass is 16.3. The number of rotatable bonds is 44. The van der Waals surface area contributed by atoms with E-state index in [0.29, 0.717) is 6.42 Å². The number of aliphatic hydroxyl groups is 2. The van der Waals surface area contributed by atoms with Crippen LogP contribution in [0.1, 0.15) is 187 Å². The number of aliphatic hydroxyl groups excluding tert-OH is 2. The van der Waals surface area contributed by atoms with E-state index in [1.807, 2.05) is 6.08 Å². The van der Waals surface area contributed by atoms with Crippen LogP contribution in [0.4, 0.5) is 0 Å². The molecule has 65 heavy (non-hydrogen) atoms. The Morgan fingerprint density at radius 2 is 0.692 bits per heavy atom. The summed E-state index contributed by atoms with van der Waals surface area (Å²) in [6, 6.07) is -0.677. The molecular weight excluding hydrogens is 795 g/mol. The van der Waals surface area contributed by atoms with Gasteiger partial charge in [0.25, 0.3) is 0 Å². The van der Waals surface area contributed by atoms with E-state index in [4.69, 9.17) is 0 Å². The molecule has 0 saturated heterocycles. The van der Waals surface area contributed by atoms with E-state index >= 15 is 0 Å². The summed E-state index contributed by atoms with van der Waals surface area (Å²) in [5.41, 5.74) is 0. The summed E-state index contributed by atoms with van der Waals surface area (Å²) in [4.78, 5) is 12.4. The van der Waals surface area contributed by atoms with Gasteiger partial charge in [-0.2, -0.15) is 0 Å². The van der Waals surface area contributed by atoms with Gasteiger partial charge in [0.1, 0.15) is 0 Å². The number of hydrogen-bond acceptors (Lipinski definition) is 3. The molecule has 0 aliphatic heterocycles. The summed E-state index contributed by atoms with van der Waals surface area (Å²) in [6.07, 6.45) is 89.1. The van der Waals surface area contributed by atoms with Gasteiger partial charge in [0, 0.05) is 6.42 Å². The van der Waals surface area contributed by atoms with Crippen molar-refractivity contribution >= 4 is 5.91 Å². The number of carbonyl (C=O) groups is 1. The molecule has 0 aliphatic rings. The standard InChI is InChI=1S/C61H95NO3/c1-3-5-7-9-11-13-15-17-19-21-22-23-24-25-26-27-28-29-30-31-32-33-34-35-36-37-38-39-40-41-43-45-47-49-51-53-55-57-61(65)62-59(58-63)60(64)56-54-52-50-48-46-44-42-20-18-16-14-12-10-8-6-4-2/h5,7,11,13,17-20,22-23,25-26,28-29,31-32,34-35,37-38,40-41,45-48,54,56,59-60,63-64H,3-4,6,8-10,12,14-16,21,24,27,30,33,36,39,42-44,49-53,55,57-58H2,1-2H3,(H,62,65)/b7-5-,13-11-,19-17-,20-18+,23-22-,26-25-,29-28-,32-31-,35-34-,38-37-,41-40-,47-45-,48-46+,56-54+. The van der Waals surface area contributed by atoms with Crippen LogP contribution in [-0.4, -0.2) is 34.9 Å². The predicted molar refractivity (Wildman–Crippen MR) is 289 cm³/mol. The van der Waals surface area contributed by atoms with Crippen molar-refractivity contribution < 1.29 is 15.0 Å². The molecule has 4 nitrogen and oxygen atoms in total. The fourth-order valence-electron chi connectivity index (χ4n) is 6.51. The zero-order chi connectivity index (χ0) is 47.0. The van der Waals surface area contributed by atoms with Crippen molar-refractivity contribution in [1.82, 2.24) is 5.32 Å². The van der Waals surface area contributed by atoms with E-state index in [1.165, 1.54) is 44.9 Å². The lowest BCUT2D eigenvalue weighted by Gasteiger charge is -2.19. The molecule has 0 heterocycles. The van der Waals surface area contributed by atoms with Crippen molar-refractivity contribution in [2.24, 2.45) is 0 Å². The molecular formula is C61H95NO3. The highest BCUT2D eigenvalue weighted by Crippen LogP contribution is 2.09. The van der Waals surface area contributed by atoms with Crippen molar-refractivity contribution in [2.75, 3.05) is 6.61 Å². The molecule has 2 atom stereocenters. The van der Waals surface area contributed by atoms with E-state index < -0.39 is 12.1 Å². The first-order chi connectivity index (χ1) is 32.2. The molecule has 0 aromatic heterocycles. The van der Waals surface area contributed by atoms with Crippen molar-refractivity contribution in [2.45, 2.75) is 199 Å². The molecule has 0 aromatic carbocycles. The molecule has 2 unspecified atom stereocenters. The van der Waals surface area contributed by atoms with Crippen LogP contribution in [0.15, 0.2) is 170 Å². The van der Waals surface area contributed by atoms with Gasteiger partial charge in [-0.25, -0.2) is 0 Å². The van der Waals surface area contributed by atoms with Crippen molar-refractivity contribution in [3.63, 3.8) is 0 Å². The minimum absolute atomic E-state index is 0.119. The maximum atomic E-state index is 12.4. The molecule has 0 radical (unpaired) electrons. The zero-order valence-corrected chi connectivity index (χ0v) is 41.4. The molecule has 0 bridgehead atoms. The van der Waals surface area contributed by atoms with E-state index in [9.17, 15) is 15.0 Å². The van der Waals surface area contributed by atoms with Gasteiger partial charge in [0.2, 0.25) is 5.91 Å². The van der Waals surface area contributed by atoms with Crippen LogP contribution in [0.3, 0.4) is 0 Å². The van der Waals surface area contributed by atoms with Crippen molar-refractivity contribution in [3.05, 3.63) is 170 Å². The number of unbranched alkanes of at least 4 members (excludes halogenated alkanes) is 11. The number of carbonyl (C=O) groups excluding carboxylic acids is 1. The molecule has 1 amide bonds. The van der Waals surface area contributed by atoms with E-state index in [2.05, 4.69) is 177 Å². The Labute approximate surface area is 400 Å². The summed E-state index contributed by atoms with van der Waals surface area (Å²) in [6.45, 7) is 4.13. The molecule has 0 saturated carbocycles. The van der Waals surface area contributed by atoms with Gasteiger partial charge < -0.3 is 15.5 Å². The van der Waals surface area contributed by atoms with Gasteiger partial charge >= 0.3 is 0 Å². The van der Waals surface area contributed by atoms with Crippen LogP contribution < -0.4 is 5.32 Å². The number of nitrogens with one attached hydrogen (secondary N) is 1. The third-order valence-corrected chi connectivity index (χ3v) is 10.4. The first-order valence-electron chi connectivity index (χ1n) is 25.8. The summed E-state index contributed by atoms with van der Waals surface area (Å²) >= 11 is 0. The first-order valence-corrected chi connectivity index (χ1v) is 25.8. The monoisotopic (exact) mass is 890 g/mol.